The highest BCUT2D eigenvalue weighted by Gasteiger charge is 2.15. The number of ether oxygens (including phenoxy) is 2. The van der Waals surface area contributed by atoms with E-state index in [9.17, 15) is 9.59 Å². The fourth-order valence-corrected chi connectivity index (χ4v) is 5.06. The van der Waals surface area contributed by atoms with Gasteiger partial charge in [0.1, 0.15) is 5.75 Å². The third-order valence-electron chi connectivity index (χ3n) is 7.81. The largest absolute Gasteiger partial charge is 0.496 e. The lowest BCUT2D eigenvalue weighted by Gasteiger charge is -2.13. The Labute approximate surface area is 258 Å². The molecule has 0 amide bonds. The van der Waals surface area contributed by atoms with Crippen LogP contribution < -0.4 is 4.74 Å². The zero-order valence-corrected chi connectivity index (χ0v) is 25.3. The number of carbonyl (C=O) groups excluding carboxylic acids is 2. The van der Waals surface area contributed by atoms with Gasteiger partial charge in [0, 0.05) is 16.7 Å². The van der Waals surface area contributed by atoms with Gasteiger partial charge in [0.25, 0.3) is 0 Å². The summed E-state index contributed by atoms with van der Waals surface area (Å²) >= 11 is 0. The van der Waals surface area contributed by atoms with Crippen LogP contribution in [0.15, 0.2) is 109 Å². The van der Waals surface area contributed by atoms with Gasteiger partial charge in [0.2, 0.25) is 0 Å². The van der Waals surface area contributed by atoms with Crippen molar-refractivity contribution < 1.29 is 19.1 Å². The van der Waals surface area contributed by atoms with Gasteiger partial charge in [0.15, 0.2) is 5.78 Å². The zero-order valence-electron chi connectivity index (χ0n) is 25.3. The van der Waals surface area contributed by atoms with Crippen molar-refractivity contribution in [3.63, 3.8) is 0 Å². The number of nitrogens with zero attached hydrogens (tertiary/aromatic N) is 1. The summed E-state index contributed by atoms with van der Waals surface area (Å²) in [6.45, 7) is 5.89. The van der Waals surface area contributed by atoms with Crippen molar-refractivity contribution >= 4 is 11.8 Å². The quantitative estimate of drug-likeness (QED) is 0.129. The molecule has 0 aliphatic carbocycles. The first-order valence-electron chi connectivity index (χ1n) is 14.6. The fraction of sp³-hybridized carbons (Fsp3) is 0.154. The van der Waals surface area contributed by atoms with Crippen LogP contribution in [0.1, 0.15) is 57.7 Å². The van der Waals surface area contributed by atoms with Crippen molar-refractivity contribution in [3.05, 3.63) is 137 Å². The average Bonchev–Trinajstić information content (AvgIpc) is 3.07. The Bertz CT molecular complexity index is 1850. The number of nitriles is 1. The monoisotopic (exact) mass is 579 g/mol. The Kier molecular flexibility index (Phi) is 9.02. The smallest absolute Gasteiger partial charge is 0.338 e. The van der Waals surface area contributed by atoms with E-state index in [0.29, 0.717) is 22.3 Å². The molecule has 0 aromatic heterocycles. The first-order chi connectivity index (χ1) is 21.3. The van der Waals surface area contributed by atoms with E-state index in [-0.39, 0.29) is 17.9 Å². The SMILES string of the molecule is CCC(C)OC(=O)c1ccc(C(=O)c2ccc(-c3ccc(-c4ccc(-c5ccc(C#N)cc5)c(OC)c4)cc3C)cc2)cc1. The number of aryl methyl sites for hydroxylation is 1. The Hall–Kier alpha value is -5.47. The van der Waals surface area contributed by atoms with Gasteiger partial charge >= 0.3 is 5.97 Å². The number of ketones is 1. The minimum absolute atomic E-state index is 0.108. The van der Waals surface area contributed by atoms with Crippen LogP contribution in [0.5, 0.6) is 5.75 Å². The summed E-state index contributed by atoms with van der Waals surface area (Å²) in [4.78, 5) is 25.4. The molecule has 0 radical (unpaired) electrons. The second-order valence-corrected chi connectivity index (χ2v) is 10.7. The molecule has 0 N–H and O–H groups in total. The topological polar surface area (TPSA) is 76.4 Å². The first kappa shape index (κ1) is 30.0. The van der Waals surface area contributed by atoms with Crippen LogP contribution in [0.3, 0.4) is 0 Å². The van der Waals surface area contributed by atoms with Gasteiger partial charge in [-0.3, -0.25) is 4.79 Å². The highest BCUT2D eigenvalue weighted by Crippen LogP contribution is 2.36. The molecule has 5 aromatic carbocycles. The summed E-state index contributed by atoms with van der Waals surface area (Å²) in [5, 5.41) is 9.10. The fourth-order valence-electron chi connectivity index (χ4n) is 5.06. The zero-order chi connectivity index (χ0) is 31.2. The second kappa shape index (κ2) is 13.2. The first-order valence-corrected chi connectivity index (χ1v) is 14.6. The molecular weight excluding hydrogens is 546 g/mol. The van der Waals surface area contributed by atoms with E-state index in [2.05, 4.69) is 37.3 Å². The second-order valence-electron chi connectivity index (χ2n) is 10.7. The van der Waals surface area contributed by atoms with Gasteiger partial charge in [-0.25, -0.2) is 4.79 Å². The number of hydrogen-bond donors (Lipinski definition) is 0. The molecule has 0 fully saturated rings. The normalized spacial score (nSPS) is 11.3. The summed E-state index contributed by atoms with van der Waals surface area (Å²) in [5.41, 5.74) is 9.39. The Morgan fingerprint density at radius 2 is 1.20 bits per heavy atom. The van der Waals surface area contributed by atoms with E-state index < -0.39 is 0 Å². The van der Waals surface area contributed by atoms with Crippen LogP contribution >= 0.6 is 0 Å². The lowest BCUT2D eigenvalue weighted by Crippen LogP contribution is -2.14. The average molecular weight is 580 g/mol. The number of rotatable bonds is 9. The van der Waals surface area contributed by atoms with Crippen LogP contribution in [-0.4, -0.2) is 25.0 Å². The molecule has 44 heavy (non-hydrogen) atoms. The summed E-state index contributed by atoms with van der Waals surface area (Å²) in [6.07, 6.45) is 0.589. The third-order valence-corrected chi connectivity index (χ3v) is 7.81. The molecule has 0 spiro atoms. The molecule has 5 aromatic rings. The lowest BCUT2D eigenvalue weighted by molar-refractivity contribution is 0.0334. The van der Waals surface area contributed by atoms with E-state index in [4.69, 9.17) is 14.7 Å². The minimum Gasteiger partial charge on any atom is -0.496 e. The van der Waals surface area contributed by atoms with E-state index in [0.717, 1.165) is 51.1 Å². The van der Waals surface area contributed by atoms with Gasteiger partial charge in [-0.15, -0.1) is 0 Å². The molecule has 0 saturated carbocycles. The van der Waals surface area contributed by atoms with Crippen LogP contribution in [-0.2, 0) is 4.74 Å². The van der Waals surface area contributed by atoms with E-state index in [1.165, 1.54) is 0 Å². The maximum Gasteiger partial charge on any atom is 0.338 e. The highest BCUT2D eigenvalue weighted by molar-refractivity contribution is 6.09. The number of methoxy groups -OCH3 is 1. The maximum absolute atomic E-state index is 13.1. The van der Waals surface area contributed by atoms with E-state index >= 15 is 0 Å². The molecule has 1 unspecified atom stereocenters. The molecule has 0 heterocycles. The van der Waals surface area contributed by atoms with Crippen LogP contribution in [0.4, 0.5) is 0 Å². The summed E-state index contributed by atoms with van der Waals surface area (Å²) in [6, 6.07) is 36.3. The Morgan fingerprint density at radius 1 is 0.705 bits per heavy atom. The number of hydrogen-bond acceptors (Lipinski definition) is 5. The maximum atomic E-state index is 13.1. The van der Waals surface area contributed by atoms with Gasteiger partial charge in [-0.1, -0.05) is 85.8 Å². The summed E-state index contributed by atoms with van der Waals surface area (Å²) in [5.74, 6) is 0.266. The van der Waals surface area contributed by atoms with E-state index in [1.54, 1.807) is 43.5 Å². The van der Waals surface area contributed by atoms with Crippen LogP contribution in [0, 0.1) is 18.3 Å². The molecule has 0 bridgehead atoms. The van der Waals surface area contributed by atoms with Crippen LogP contribution in [0.2, 0.25) is 0 Å². The van der Waals surface area contributed by atoms with Crippen molar-refractivity contribution in [2.45, 2.75) is 33.3 Å². The molecular formula is C39H33NO4. The Balaban J connectivity index is 1.32. The van der Waals surface area contributed by atoms with E-state index in [1.807, 2.05) is 62.4 Å². The standard InChI is InChI=1S/C39H33NO4/c1-5-26(3)44-39(42)32-16-14-31(15-17-32)38(41)30-12-10-28(11-13-30)35-20-18-33(22-25(35)2)34-19-21-36(37(23-34)43-4)29-8-6-27(24-40)7-9-29/h6-23,26H,5H2,1-4H3. The van der Waals surface area contributed by atoms with Gasteiger partial charge in [0.05, 0.1) is 30.4 Å². The third kappa shape index (κ3) is 6.45. The van der Waals surface area contributed by atoms with Crippen molar-refractivity contribution in [2.75, 3.05) is 7.11 Å². The summed E-state index contributed by atoms with van der Waals surface area (Å²) < 4.78 is 11.1. The van der Waals surface area contributed by atoms with Gasteiger partial charge < -0.3 is 9.47 Å². The van der Waals surface area contributed by atoms with Crippen molar-refractivity contribution in [1.29, 1.82) is 5.26 Å². The molecule has 1 atom stereocenters. The number of esters is 1. The predicted molar refractivity (Wildman–Crippen MR) is 174 cm³/mol. The Morgan fingerprint density at radius 3 is 1.77 bits per heavy atom. The number of benzene rings is 5. The molecule has 5 heteroatoms. The highest BCUT2D eigenvalue weighted by atomic mass is 16.5. The molecule has 218 valence electrons. The predicted octanol–water partition coefficient (Wildman–Crippen LogP) is 9.06. The van der Waals surface area contributed by atoms with Crippen LogP contribution in [0.25, 0.3) is 33.4 Å². The number of carbonyl (C=O) groups is 2. The van der Waals surface area contributed by atoms with Crippen molar-refractivity contribution in [2.24, 2.45) is 0 Å². The molecule has 0 aliphatic rings. The summed E-state index contributed by atoms with van der Waals surface area (Å²) in [7, 11) is 1.66. The molecule has 0 saturated heterocycles. The minimum atomic E-state index is -0.386. The lowest BCUT2D eigenvalue weighted by atomic mass is 9.93. The molecule has 5 nitrogen and oxygen atoms in total. The molecule has 5 rings (SSSR count). The van der Waals surface area contributed by atoms with Crippen molar-refractivity contribution in [3.8, 4) is 45.2 Å². The van der Waals surface area contributed by atoms with Gasteiger partial charge in [-0.05, 0) is 84.0 Å². The molecule has 0 aliphatic heterocycles. The van der Waals surface area contributed by atoms with Gasteiger partial charge in [-0.2, -0.15) is 5.26 Å². The van der Waals surface area contributed by atoms with Crippen molar-refractivity contribution in [1.82, 2.24) is 0 Å².